The molecule has 0 saturated heterocycles. The van der Waals surface area contributed by atoms with Crippen LogP contribution in [-0.2, 0) is 0 Å². The highest BCUT2D eigenvalue weighted by Gasteiger charge is 2.30. The molecule has 0 unspecified atom stereocenters. The van der Waals surface area contributed by atoms with Crippen molar-refractivity contribution in [1.82, 2.24) is 4.90 Å². The Kier molecular flexibility index (Phi) is 2.08. The van der Waals surface area contributed by atoms with Crippen molar-refractivity contribution in [3.05, 3.63) is 41.0 Å². The monoisotopic (exact) mass is 256 g/mol. The molecule has 0 fully saturated rings. The van der Waals surface area contributed by atoms with Gasteiger partial charge in [0, 0.05) is 22.4 Å². The van der Waals surface area contributed by atoms with Gasteiger partial charge in [0.1, 0.15) is 5.58 Å². The molecule has 2 aromatic rings. The van der Waals surface area contributed by atoms with Gasteiger partial charge in [-0.2, -0.15) is 0 Å². The van der Waals surface area contributed by atoms with Crippen LogP contribution in [-0.4, -0.2) is 23.2 Å². The molecule has 0 bridgehead atoms. The van der Waals surface area contributed by atoms with Crippen molar-refractivity contribution in [3.8, 4) is 0 Å². The van der Waals surface area contributed by atoms with E-state index < -0.39 is 0 Å². The molecule has 3 heterocycles. The Hall–Kier alpha value is -1.68. The van der Waals surface area contributed by atoms with Crippen LogP contribution in [0.3, 0.4) is 0 Å². The van der Waals surface area contributed by atoms with Crippen molar-refractivity contribution >= 4 is 33.6 Å². The summed E-state index contributed by atoms with van der Waals surface area (Å²) in [5, 5.41) is 2.29. The minimum Gasteiger partial charge on any atom is -0.464 e. The summed E-state index contributed by atoms with van der Waals surface area (Å²) in [5.41, 5.74) is 3.45. The van der Waals surface area contributed by atoms with Crippen molar-refractivity contribution in [2.24, 2.45) is 4.99 Å². The largest absolute Gasteiger partial charge is 0.464 e. The molecule has 4 heteroatoms. The molecule has 1 aromatic carbocycles. The summed E-state index contributed by atoms with van der Waals surface area (Å²) in [4.78, 5) is 8.15. The van der Waals surface area contributed by atoms with E-state index in [-0.39, 0.29) is 0 Å². The van der Waals surface area contributed by atoms with Gasteiger partial charge >= 0.3 is 0 Å². The van der Waals surface area contributed by atoms with Crippen molar-refractivity contribution < 1.29 is 4.42 Å². The molecule has 0 spiro atoms. The first-order chi connectivity index (χ1) is 8.83. The molecule has 1 aromatic heterocycles. The summed E-state index contributed by atoms with van der Waals surface area (Å²) in [6.45, 7) is 4.06. The lowest BCUT2D eigenvalue weighted by Crippen LogP contribution is -2.19. The number of amidine groups is 1. The first-order valence-electron chi connectivity index (χ1n) is 6.01. The van der Waals surface area contributed by atoms with Crippen LogP contribution in [0, 0.1) is 0 Å². The zero-order valence-electron chi connectivity index (χ0n) is 10.0. The molecule has 0 atom stereocenters. The molecular weight excluding hydrogens is 244 g/mol. The summed E-state index contributed by atoms with van der Waals surface area (Å²) >= 11 is 1.77. The van der Waals surface area contributed by atoms with E-state index >= 15 is 0 Å². The second-order valence-electron chi connectivity index (χ2n) is 4.50. The Labute approximate surface area is 109 Å². The van der Waals surface area contributed by atoms with Gasteiger partial charge in [0.2, 0.25) is 0 Å². The average Bonchev–Trinajstić information content (AvgIpc) is 3.02. The van der Waals surface area contributed by atoms with Crippen LogP contribution in [0.15, 0.2) is 44.8 Å². The predicted molar refractivity (Wildman–Crippen MR) is 75.4 cm³/mol. The van der Waals surface area contributed by atoms with Crippen molar-refractivity contribution in [2.45, 2.75) is 6.92 Å². The van der Waals surface area contributed by atoms with Crippen molar-refractivity contribution in [1.29, 1.82) is 0 Å². The van der Waals surface area contributed by atoms with Crippen LogP contribution in [0.4, 0.5) is 0 Å². The van der Waals surface area contributed by atoms with Crippen LogP contribution in [0.25, 0.3) is 16.7 Å². The minimum atomic E-state index is 0.905. The number of benzene rings is 1. The number of allylic oxidation sites excluding steroid dienone is 1. The van der Waals surface area contributed by atoms with Gasteiger partial charge in [0.25, 0.3) is 0 Å². The van der Waals surface area contributed by atoms with E-state index in [0.29, 0.717) is 0 Å². The Bertz CT molecular complexity index is 699. The number of furan rings is 1. The van der Waals surface area contributed by atoms with Crippen molar-refractivity contribution in [3.63, 3.8) is 0 Å². The number of hydrogen-bond acceptors (Lipinski definition) is 4. The summed E-state index contributed by atoms with van der Waals surface area (Å²) in [5.74, 6) is 0. The van der Waals surface area contributed by atoms with Crippen LogP contribution in [0.2, 0.25) is 0 Å². The Balaban J connectivity index is 1.86. The summed E-state index contributed by atoms with van der Waals surface area (Å²) < 4.78 is 5.49. The fourth-order valence-electron chi connectivity index (χ4n) is 2.56. The van der Waals surface area contributed by atoms with Crippen LogP contribution < -0.4 is 0 Å². The van der Waals surface area contributed by atoms with E-state index in [4.69, 9.17) is 4.42 Å². The third-order valence-electron chi connectivity index (χ3n) is 3.38. The van der Waals surface area contributed by atoms with Gasteiger partial charge in [-0.05, 0) is 19.1 Å². The second-order valence-corrected chi connectivity index (χ2v) is 5.68. The van der Waals surface area contributed by atoms with Gasteiger partial charge in [-0.15, -0.1) is 0 Å². The molecule has 0 amide bonds. The number of fused-ring (bicyclic) bond motifs is 2. The van der Waals surface area contributed by atoms with E-state index in [1.165, 1.54) is 16.2 Å². The number of aliphatic imine (C=N–C) groups is 1. The molecule has 0 radical (unpaired) electrons. The fourth-order valence-corrected chi connectivity index (χ4v) is 3.61. The number of nitrogens with zero attached hydrogens (tertiary/aromatic N) is 2. The molecule has 2 aliphatic heterocycles. The van der Waals surface area contributed by atoms with E-state index in [1.54, 1.807) is 18.0 Å². The Morgan fingerprint density at radius 1 is 1.33 bits per heavy atom. The summed E-state index contributed by atoms with van der Waals surface area (Å²) in [7, 11) is 0. The third kappa shape index (κ3) is 1.35. The maximum atomic E-state index is 5.49. The van der Waals surface area contributed by atoms with E-state index in [1.807, 2.05) is 6.07 Å². The first kappa shape index (κ1) is 10.3. The Morgan fingerprint density at radius 2 is 2.28 bits per heavy atom. The average molecular weight is 256 g/mol. The zero-order chi connectivity index (χ0) is 12.1. The zero-order valence-corrected chi connectivity index (χ0v) is 10.8. The molecule has 0 saturated carbocycles. The van der Waals surface area contributed by atoms with Gasteiger partial charge in [0.15, 0.2) is 5.17 Å². The van der Waals surface area contributed by atoms with Gasteiger partial charge in [-0.3, -0.25) is 4.99 Å². The minimum absolute atomic E-state index is 0.905. The molecule has 4 rings (SSSR count). The quantitative estimate of drug-likeness (QED) is 0.781. The van der Waals surface area contributed by atoms with E-state index in [2.05, 4.69) is 35.0 Å². The lowest BCUT2D eigenvalue weighted by molar-refractivity contribution is 0.614. The first-order valence-corrected chi connectivity index (χ1v) is 6.83. The second kappa shape index (κ2) is 3.65. The SMILES string of the molecule is CC1=C(c2ccc3ccoc3c2)N2CCN=C2S1. The molecule has 2 aliphatic rings. The molecule has 0 aliphatic carbocycles. The third-order valence-corrected chi connectivity index (χ3v) is 4.41. The number of thioether (sulfide) groups is 1. The van der Waals surface area contributed by atoms with Gasteiger partial charge in [-0.1, -0.05) is 23.9 Å². The normalized spacial score (nSPS) is 18.7. The maximum absolute atomic E-state index is 5.49. The van der Waals surface area contributed by atoms with Crippen molar-refractivity contribution in [2.75, 3.05) is 13.1 Å². The van der Waals surface area contributed by atoms with Crippen LogP contribution in [0.5, 0.6) is 0 Å². The molecule has 3 nitrogen and oxygen atoms in total. The molecule has 90 valence electrons. The standard InChI is InChI=1S/C14H12N2OS/c1-9-13(16-6-5-15-14(16)18-9)11-3-2-10-4-7-17-12(10)8-11/h2-4,7-8H,5-6H2,1H3. The number of hydrogen-bond donors (Lipinski definition) is 0. The Morgan fingerprint density at radius 3 is 3.22 bits per heavy atom. The topological polar surface area (TPSA) is 28.7 Å². The van der Waals surface area contributed by atoms with E-state index in [0.717, 1.165) is 29.2 Å². The van der Waals surface area contributed by atoms with E-state index in [9.17, 15) is 0 Å². The van der Waals surface area contributed by atoms with Crippen LogP contribution >= 0.6 is 11.8 Å². The highest BCUT2D eigenvalue weighted by Crippen LogP contribution is 2.41. The lowest BCUT2D eigenvalue weighted by Gasteiger charge is -2.16. The van der Waals surface area contributed by atoms with Gasteiger partial charge < -0.3 is 9.32 Å². The number of rotatable bonds is 1. The predicted octanol–water partition coefficient (Wildman–Crippen LogP) is 3.54. The maximum Gasteiger partial charge on any atom is 0.168 e. The smallest absolute Gasteiger partial charge is 0.168 e. The highest BCUT2D eigenvalue weighted by molar-refractivity contribution is 8.17. The highest BCUT2D eigenvalue weighted by atomic mass is 32.2. The summed E-state index contributed by atoms with van der Waals surface area (Å²) in [6, 6.07) is 8.39. The lowest BCUT2D eigenvalue weighted by atomic mass is 10.1. The fraction of sp³-hybridized carbons (Fsp3) is 0.214. The van der Waals surface area contributed by atoms with Gasteiger partial charge in [0.05, 0.1) is 18.5 Å². The van der Waals surface area contributed by atoms with Gasteiger partial charge in [-0.25, -0.2) is 0 Å². The molecule has 18 heavy (non-hydrogen) atoms. The molecular formula is C14H12N2OS. The summed E-state index contributed by atoms with van der Waals surface area (Å²) in [6.07, 6.45) is 1.74. The van der Waals surface area contributed by atoms with Crippen LogP contribution in [0.1, 0.15) is 12.5 Å². The molecule has 0 N–H and O–H groups in total.